The fraction of sp³-hybridized carbons (Fsp3) is 0.250. The molecule has 1 aromatic rings. The van der Waals surface area contributed by atoms with Crippen molar-refractivity contribution in [1.82, 2.24) is 0 Å². The Balaban J connectivity index is 0. The van der Waals surface area contributed by atoms with E-state index in [2.05, 4.69) is 16.7 Å². The van der Waals surface area contributed by atoms with Crippen molar-refractivity contribution in [2.24, 2.45) is 0 Å². The lowest BCUT2D eigenvalue weighted by Crippen LogP contribution is -1.90. The first kappa shape index (κ1) is 14.0. The summed E-state index contributed by atoms with van der Waals surface area (Å²) < 4.78 is 0. The first-order valence-corrected chi connectivity index (χ1v) is 3.32. The van der Waals surface area contributed by atoms with Crippen molar-refractivity contribution in [2.45, 2.75) is 0 Å². The Morgan fingerprint density at radius 1 is 0.917 bits per heavy atom. The fourth-order valence-electron chi connectivity index (χ4n) is 0.830. The lowest BCUT2D eigenvalue weighted by Gasteiger charge is -2.02. The highest BCUT2D eigenvalue weighted by Crippen LogP contribution is 2.12. The van der Waals surface area contributed by atoms with E-state index < -0.39 is 0 Å². The minimum absolute atomic E-state index is 0. The van der Waals surface area contributed by atoms with Crippen LogP contribution >= 0.6 is 24.8 Å². The van der Waals surface area contributed by atoms with Crippen LogP contribution in [0.4, 0.5) is 11.4 Å². The Hall–Kier alpha value is -0.600. The van der Waals surface area contributed by atoms with Crippen LogP contribution in [0.15, 0.2) is 24.3 Å². The van der Waals surface area contributed by atoms with Gasteiger partial charge in [-0.1, -0.05) is 6.07 Å². The van der Waals surface area contributed by atoms with Crippen LogP contribution in [0.25, 0.3) is 0 Å². The molecule has 0 aliphatic carbocycles. The SMILES string of the molecule is CNc1cccc(NC)c1.Cl.Cl. The van der Waals surface area contributed by atoms with Gasteiger partial charge in [0.2, 0.25) is 0 Å². The molecule has 1 aromatic carbocycles. The van der Waals surface area contributed by atoms with Crippen molar-refractivity contribution in [3.63, 3.8) is 0 Å². The zero-order chi connectivity index (χ0) is 7.40. The summed E-state index contributed by atoms with van der Waals surface area (Å²) >= 11 is 0. The Morgan fingerprint density at radius 2 is 1.33 bits per heavy atom. The highest BCUT2D eigenvalue weighted by Gasteiger charge is 1.88. The predicted molar refractivity (Wildman–Crippen MR) is 60.0 cm³/mol. The molecule has 0 amide bonds. The van der Waals surface area contributed by atoms with E-state index in [9.17, 15) is 0 Å². The summed E-state index contributed by atoms with van der Waals surface area (Å²) in [5, 5.41) is 6.12. The average molecular weight is 209 g/mol. The summed E-state index contributed by atoms with van der Waals surface area (Å²) in [6.45, 7) is 0. The van der Waals surface area contributed by atoms with Crippen molar-refractivity contribution >= 4 is 36.2 Å². The monoisotopic (exact) mass is 208 g/mol. The summed E-state index contributed by atoms with van der Waals surface area (Å²) in [7, 11) is 3.82. The number of hydrogen-bond acceptors (Lipinski definition) is 2. The summed E-state index contributed by atoms with van der Waals surface area (Å²) in [5.41, 5.74) is 2.26. The number of hydrogen-bond donors (Lipinski definition) is 2. The molecule has 0 radical (unpaired) electrons. The van der Waals surface area contributed by atoms with E-state index in [1.165, 1.54) is 0 Å². The number of nitrogens with one attached hydrogen (secondary N) is 2. The van der Waals surface area contributed by atoms with Gasteiger partial charge >= 0.3 is 0 Å². The van der Waals surface area contributed by atoms with Gasteiger partial charge in [0.15, 0.2) is 0 Å². The maximum absolute atomic E-state index is 3.06. The largest absolute Gasteiger partial charge is 0.388 e. The molecule has 0 aliphatic heterocycles. The zero-order valence-electron chi connectivity index (χ0n) is 7.13. The zero-order valence-corrected chi connectivity index (χ0v) is 8.76. The van der Waals surface area contributed by atoms with Crippen LogP contribution < -0.4 is 10.6 Å². The van der Waals surface area contributed by atoms with Gasteiger partial charge < -0.3 is 10.6 Å². The van der Waals surface area contributed by atoms with Gasteiger partial charge in [-0.3, -0.25) is 0 Å². The van der Waals surface area contributed by atoms with Gasteiger partial charge in [-0.25, -0.2) is 0 Å². The van der Waals surface area contributed by atoms with Crippen LogP contribution in [0.3, 0.4) is 0 Å². The molecular formula is C8H14Cl2N2. The van der Waals surface area contributed by atoms with Gasteiger partial charge in [-0.2, -0.15) is 0 Å². The molecule has 0 saturated carbocycles. The summed E-state index contributed by atoms with van der Waals surface area (Å²) in [5.74, 6) is 0. The van der Waals surface area contributed by atoms with Crippen LogP contribution in [0.1, 0.15) is 0 Å². The van der Waals surface area contributed by atoms with Crippen LogP contribution in [0, 0.1) is 0 Å². The molecule has 0 saturated heterocycles. The molecule has 70 valence electrons. The smallest absolute Gasteiger partial charge is 0.0358 e. The van der Waals surface area contributed by atoms with E-state index in [0.717, 1.165) is 11.4 Å². The first-order chi connectivity index (χ1) is 4.86. The average Bonchev–Trinajstić information content (AvgIpc) is 2.05. The molecule has 0 aliphatic rings. The molecule has 1 rings (SSSR count). The van der Waals surface area contributed by atoms with Gasteiger partial charge in [0, 0.05) is 25.5 Å². The Labute approximate surface area is 85.6 Å². The molecule has 12 heavy (non-hydrogen) atoms. The van der Waals surface area contributed by atoms with E-state index in [1.54, 1.807) is 0 Å². The van der Waals surface area contributed by atoms with Gasteiger partial charge in [0.1, 0.15) is 0 Å². The van der Waals surface area contributed by atoms with E-state index in [-0.39, 0.29) is 24.8 Å². The first-order valence-electron chi connectivity index (χ1n) is 3.32. The molecule has 2 N–H and O–H groups in total. The van der Waals surface area contributed by atoms with E-state index in [1.807, 2.05) is 32.3 Å². The second-order valence-corrected chi connectivity index (χ2v) is 2.08. The number of anilines is 2. The summed E-state index contributed by atoms with van der Waals surface area (Å²) in [6, 6.07) is 8.12. The lowest BCUT2D eigenvalue weighted by molar-refractivity contribution is 1.47. The van der Waals surface area contributed by atoms with Crippen molar-refractivity contribution in [3.05, 3.63) is 24.3 Å². The number of halogens is 2. The Morgan fingerprint density at radius 3 is 1.67 bits per heavy atom. The molecule has 0 atom stereocenters. The van der Waals surface area contributed by atoms with Crippen LogP contribution in [-0.4, -0.2) is 14.1 Å². The maximum atomic E-state index is 3.06. The van der Waals surface area contributed by atoms with Crippen LogP contribution in [0.5, 0.6) is 0 Å². The number of rotatable bonds is 2. The lowest BCUT2D eigenvalue weighted by atomic mass is 10.3. The van der Waals surface area contributed by atoms with Gasteiger partial charge in [-0.05, 0) is 18.2 Å². The van der Waals surface area contributed by atoms with Crippen molar-refractivity contribution in [1.29, 1.82) is 0 Å². The molecule has 4 heteroatoms. The van der Waals surface area contributed by atoms with E-state index in [0.29, 0.717) is 0 Å². The van der Waals surface area contributed by atoms with Crippen LogP contribution in [0.2, 0.25) is 0 Å². The third kappa shape index (κ3) is 3.69. The molecular weight excluding hydrogens is 195 g/mol. The highest BCUT2D eigenvalue weighted by molar-refractivity contribution is 5.85. The highest BCUT2D eigenvalue weighted by atomic mass is 35.5. The fourth-order valence-corrected chi connectivity index (χ4v) is 0.830. The number of benzene rings is 1. The third-order valence-corrected chi connectivity index (χ3v) is 1.44. The van der Waals surface area contributed by atoms with E-state index >= 15 is 0 Å². The van der Waals surface area contributed by atoms with Gasteiger partial charge in [0.25, 0.3) is 0 Å². The molecule has 0 unspecified atom stereocenters. The van der Waals surface area contributed by atoms with Crippen molar-refractivity contribution in [3.8, 4) is 0 Å². The normalized spacial score (nSPS) is 7.50. The molecule has 0 spiro atoms. The Kier molecular flexibility index (Phi) is 8.22. The van der Waals surface area contributed by atoms with Crippen molar-refractivity contribution in [2.75, 3.05) is 24.7 Å². The maximum Gasteiger partial charge on any atom is 0.0358 e. The summed E-state index contributed by atoms with van der Waals surface area (Å²) in [6.07, 6.45) is 0. The van der Waals surface area contributed by atoms with Crippen molar-refractivity contribution < 1.29 is 0 Å². The molecule has 0 bridgehead atoms. The molecule has 0 heterocycles. The minimum Gasteiger partial charge on any atom is -0.388 e. The van der Waals surface area contributed by atoms with Gasteiger partial charge in [-0.15, -0.1) is 24.8 Å². The second kappa shape index (κ2) is 7.07. The van der Waals surface area contributed by atoms with Crippen LogP contribution in [-0.2, 0) is 0 Å². The minimum atomic E-state index is 0. The summed E-state index contributed by atoms with van der Waals surface area (Å²) in [4.78, 5) is 0. The molecule has 0 aromatic heterocycles. The second-order valence-electron chi connectivity index (χ2n) is 2.08. The topological polar surface area (TPSA) is 24.1 Å². The molecule has 2 nitrogen and oxygen atoms in total. The van der Waals surface area contributed by atoms with E-state index in [4.69, 9.17) is 0 Å². The quantitative estimate of drug-likeness (QED) is 0.782. The third-order valence-electron chi connectivity index (χ3n) is 1.44. The standard InChI is InChI=1S/C8H12N2.2ClH/c1-9-7-4-3-5-8(6-7)10-2;;/h3-6,9-10H,1-2H3;2*1H. The predicted octanol–water partition coefficient (Wildman–Crippen LogP) is 2.61. The Bertz CT molecular complexity index is 197. The van der Waals surface area contributed by atoms with Gasteiger partial charge in [0.05, 0.1) is 0 Å². The molecule has 0 fully saturated rings.